The molecular weight excluding hydrogens is 510 g/mol. The molecule has 4 bridgehead atoms. The molecule has 1 fully saturated rings. The Morgan fingerprint density at radius 3 is 2.56 bits per heavy atom. The molecule has 2 N–H and O–H groups in total. The number of hydrogen-bond acceptors (Lipinski definition) is 3. The molecule has 0 spiro atoms. The van der Waals surface area contributed by atoms with Gasteiger partial charge in [-0.2, -0.15) is 0 Å². The third-order valence-electron chi connectivity index (χ3n) is 8.45. The second kappa shape index (κ2) is 12.1. The number of aliphatic hydroxyl groups excluding tert-OH is 1. The van der Waals surface area contributed by atoms with Crippen LogP contribution in [0.1, 0.15) is 85.2 Å². The summed E-state index contributed by atoms with van der Waals surface area (Å²) in [7, 11) is 1.00. The standard InChI is InChI=1S/C31H35N3O2.C3H6.CH4O/c1-7-9-12-21-19(4)23-17-32-30(35)28(23)27-22-13-10-11-14-25(22)33-26-15-18(3)16-31(6,36-26)34(24(21)8-2)20(5)29(27)33;1-3-2;1-2/h7,9-14,18,26H,1,8,15-17H2,2-6H3,(H,32,35);3H,1H2,2H3;2H,1H3/b12-9-,23-19?,24-21?,28-27?;;/t18?,26-,31+;;/m1../s1. The van der Waals surface area contributed by atoms with Crippen molar-refractivity contribution in [2.24, 2.45) is 5.92 Å². The molecule has 2 aromatic heterocycles. The van der Waals surface area contributed by atoms with Crippen LogP contribution in [0.3, 0.4) is 0 Å². The minimum absolute atomic E-state index is 0.00238. The highest BCUT2D eigenvalue weighted by molar-refractivity contribution is 6.20. The average Bonchev–Trinajstić information content (AvgIpc) is 3.48. The van der Waals surface area contributed by atoms with E-state index < -0.39 is 5.72 Å². The fourth-order valence-electron chi connectivity index (χ4n) is 7.19. The molecular formula is C35H45N3O3. The van der Waals surface area contributed by atoms with Gasteiger partial charge in [-0.1, -0.05) is 62.9 Å². The third kappa shape index (κ3) is 4.83. The van der Waals surface area contributed by atoms with Gasteiger partial charge in [0, 0.05) is 35.8 Å². The number of carbonyl (C=O) groups excluding carboxylic acids is 1. The number of ether oxygens (including phenoxy) is 1. The fraction of sp³-hybridized carbons (Fsp3) is 0.400. The number of fused-ring (bicyclic) bond motifs is 10. The number of allylic oxidation sites excluding steroid dienone is 3. The molecule has 3 aliphatic heterocycles. The number of aromatic nitrogens is 2. The summed E-state index contributed by atoms with van der Waals surface area (Å²) in [4.78, 5) is 13.6. The molecule has 0 saturated carbocycles. The zero-order valence-electron chi connectivity index (χ0n) is 25.7. The number of rotatable bonds is 3. The van der Waals surface area contributed by atoms with E-state index in [4.69, 9.17) is 9.84 Å². The van der Waals surface area contributed by atoms with Crippen LogP contribution in [0.2, 0.25) is 0 Å². The first-order valence-corrected chi connectivity index (χ1v) is 14.6. The van der Waals surface area contributed by atoms with Crippen LogP contribution >= 0.6 is 0 Å². The summed E-state index contributed by atoms with van der Waals surface area (Å²) in [6.07, 6.45) is 10.3. The van der Waals surface area contributed by atoms with Gasteiger partial charge in [0.2, 0.25) is 0 Å². The molecule has 6 nitrogen and oxygen atoms in total. The molecule has 1 unspecified atom stereocenters. The molecule has 1 amide bonds. The van der Waals surface area contributed by atoms with E-state index in [9.17, 15) is 4.79 Å². The minimum Gasteiger partial charge on any atom is -0.400 e. The summed E-state index contributed by atoms with van der Waals surface area (Å²) in [5.41, 5.74) is 8.25. The first-order chi connectivity index (χ1) is 19.7. The number of aryl methyl sites for hydroxylation is 1. The van der Waals surface area contributed by atoms with E-state index >= 15 is 0 Å². The molecule has 5 heterocycles. The highest BCUT2D eigenvalue weighted by Gasteiger charge is 2.44. The van der Waals surface area contributed by atoms with Crippen LogP contribution in [0, 0.1) is 19.8 Å². The molecule has 6 rings (SSSR count). The van der Waals surface area contributed by atoms with Crippen molar-refractivity contribution >= 4 is 33.8 Å². The first kappa shape index (κ1) is 30.4. The Balaban J connectivity index is 0.000000728. The Morgan fingerprint density at radius 2 is 1.90 bits per heavy atom. The number of carbonyl (C=O) groups is 1. The zero-order valence-corrected chi connectivity index (χ0v) is 25.7. The SMILES string of the molecule is C=C/C=C\c1c(C)c2c(c3c4ccccc4n4c3c(C)n(c1CC)[C@]1(C)CC(C)C[C@H]4O1)C(=O)NC2.C=CC.CO. The molecule has 6 heteroatoms. The number of aliphatic hydroxyl groups is 1. The lowest BCUT2D eigenvalue weighted by molar-refractivity contribution is -0.205. The molecule has 0 radical (unpaired) electrons. The largest absolute Gasteiger partial charge is 0.400 e. The van der Waals surface area contributed by atoms with Crippen molar-refractivity contribution in [1.82, 2.24) is 14.5 Å². The highest BCUT2D eigenvalue weighted by Crippen LogP contribution is 2.49. The normalized spacial score (nSPS) is 21.8. The van der Waals surface area contributed by atoms with Gasteiger partial charge in [-0.25, -0.2) is 0 Å². The molecule has 3 aromatic rings. The maximum absolute atomic E-state index is 13.6. The predicted octanol–water partition coefficient (Wildman–Crippen LogP) is 7.77. The van der Waals surface area contributed by atoms with Gasteiger partial charge in [-0.05, 0) is 75.6 Å². The molecule has 0 aliphatic carbocycles. The van der Waals surface area contributed by atoms with Crippen molar-refractivity contribution in [2.45, 2.75) is 79.3 Å². The van der Waals surface area contributed by atoms with Gasteiger partial charge < -0.3 is 24.3 Å². The summed E-state index contributed by atoms with van der Waals surface area (Å²) in [6, 6.07) is 8.50. The summed E-state index contributed by atoms with van der Waals surface area (Å²) >= 11 is 0. The second-order valence-electron chi connectivity index (χ2n) is 11.2. The predicted molar refractivity (Wildman–Crippen MR) is 170 cm³/mol. The number of amides is 1. The van der Waals surface area contributed by atoms with E-state index in [0.717, 1.165) is 76.1 Å². The lowest BCUT2D eigenvalue weighted by Crippen LogP contribution is -2.42. The molecule has 3 atom stereocenters. The molecule has 1 saturated heterocycles. The lowest BCUT2D eigenvalue weighted by atomic mass is 9.91. The topological polar surface area (TPSA) is 68.4 Å². The van der Waals surface area contributed by atoms with Crippen molar-refractivity contribution in [3.8, 4) is 0 Å². The van der Waals surface area contributed by atoms with Crippen molar-refractivity contribution < 1.29 is 14.6 Å². The van der Waals surface area contributed by atoms with Gasteiger partial charge >= 0.3 is 0 Å². The second-order valence-corrected chi connectivity index (χ2v) is 11.2. The average molecular weight is 556 g/mol. The van der Waals surface area contributed by atoms with Crippen LogP contribution in [0.25, 0.3) is 27.9 Å². The van der Waals surface area contributed by atoms with Gasteiger partial charge in [-0.3, -0.25) is 4.79 Å². The molecule has 1 aromatic carbocycles. The Labute approximate surface area is 244 Å². The van der Waals surface area contributed by atoms with E-state index in [1.54, 1.807) is 6.08 Å². The molecule has 218 valence electrons. The molecule has 41 heavy (non-hydrogen) atoms. The van der Waals surface area contributed by atoms with Gasteiger partial charge in [0.05, 0.1) is 16.6 Å². The van der Waals surface area contributed by atoms with E-state index in [0.29, 0.717) is 12.5 Å². The first-order valence-electron chi connectivity index (χ1n) is 14.6. The number of hydrogen-bond donors (Lipinski definition) is 2. The van der Waals surface area contributed by atoms with Gasteiger partial charge in [0.25, 0.3) is 5.91 Å². The van der Waals surface area contributed by atoms with Crippen molar-refractivity contribution in [3.05, 3.63) is 89.3 Å². The van der Waals surface area contributed by atoms with Gasteiger partial charge in [-0.15, -0.1) is 6.58 Å². The minimum atomic E-state index is -0.500. The van der Waals surface area contributed by atoms with Crippen LogP contribution < -0.4 is 5.32 Å². The van der Waals surface area contributed by atoms with E-state index in [-0.39, 0.29) is 12.1 Å². The van der Waals surface area contributed by atoms with Gasteiger partial charge in [0.1, 0.15) is 12.0 Å². The third-order valence-corrected chi connectivity index (χ3v) is 8.45. The van der Waals surface area contributed by atoms with Crippen molar-refractivity contribution in [1.29, 1.82) is 0 Å². The van der Waals surface area contributed by atoms with Crippen molar-refractivity contribution in [2.75, 3.05) is 7.11 Å². The number of para-hydroxylation sites is 1. The van der Waals surface area contributed by atoms with Crippen LogP contribution in [0.4, 0.5) is 0 Å². The monoisotopic (exact) mass is 555 g/mol. The Hall–Kier alpha value is -3.61. The Bertz CT molecular complexity index is 1600. The maximum Gasteiger partial charge on any atom is 0.252 e. The fourth-order valence-corrected chi connectivity index (χ4v) is 7.19. The summed E-state index contributed by atoms with van der Waals surface area (Å²) in [5, 5.41) is 12.3. The van der Waals surface area contributed by atoms with Crippen molar-refractivity contribution in [3.63, 3.8) is 0 Å². The smallest absolute Gasteiger partial charge is 0.252 e. The van der Waals surface area contributed by atoms with Gasteiger partial charge in [0.15, 0.2) is 0 Å². The summed E-state index contributed by atoms with van der Waals surface area (Å²) < 4.78 is 11.9. The maximum atomic E-state index is 13.6. The Kier molecular flexibility index (Phi) is 8.95. The molecule has 3 aliphatic rings. The highest BCUT2D eigenvalue weighted by atomic mass is 16.5. The summed E-state index contributed by atoms with van der Waals surface area (Å²) in [6.45, 7) is 20.9. The van der Waals surface area contributed by atoms with Crippen LogP contribution in [-0.2, 0) is 23.4 Å². The Morgan fingerprint density at radius 1 is 1.22 bits per heavy atom. The quantitative estimate of drug-likeness (QED) is 0.256. The van der Waals surface area contributed by atoms with E-state index in [2.05, 4.69) is 92.6 Å². The number of nitrogens with one attached hydrogen (secondary N) is 1. The van der Waals surface area contributed by atoms with Crippen LogP contribution in [0.15, 0.2) is 55.7 Å². The van der Waals surface area contributed by atoms with Crippen LogP contribution in [0.5, 0.6) is 0 Å². The van der Waals surface area contributed by atoms with E-state index in [1.165, 1.54) is 5.69 Å². The lowest BCUT2D eigenvalue weighted by Gasteiger charge is -2.43. The number of benzene rings is 1. The summed E-state index contributed by atoms with van der Waals surface area (Å²) in [5.74, 6) is 0.491. The number of nitrogens with zero attached hydrogens (tertiary/aromatic N) is 2. The van der Waals surface area contributed by atoms with E-state index in [1.807, 2.05) is 19.1 Å². The van der Waals surface area contributed by atoms with Crippen LogP contribution in [-0.4, -0.2) is 27.3 Å². The zero-order chi connectivity index (χ0) is 30.1.